The second-order valence-electron chi connectivity index (χ2n) is 8.01. The van der Waals surface area contributed by atoms with Crippen LogP contribution in [0.25, 0.3) is 0 Å². The maximum Gasteiger partial charge on any atom is 0.258 e. The number of thiophene rings is 1. The molecule has 1 heterocycles. The third kappa shape index (κ3) is 4.56. The molecule has 1 aliphatic carbocycles. The molecule has 1 aromatic carbocycles. The van der Waals surface area contributed by atoms with Crippen LogP contribution in [0.3, 0.4) is 0 Å². The fourth-order valence-electron chi connectivity index (χ4n) is 3.48. The molecular weight excluding hydrogens is 501 g/mol. The molecule has 0 aliphatic heterocycles. The maximum absolute atomic E-state index is 12.5. The zero-order valence-corrected chi connectivity index (χ0v) is 19.8. The van der Waals surface area contributed by atoms with Gasteiger partial charge in [-0.3, -0.25) is 10.1 Å². The van der Waals surface area contributed by atoms with E-state index >= 15 is 0 Å². The summed E-state index contributed by atoms with van der Waals surface area (Å²) in [6.07, 6.45) is 3.00. The Labute approximate surface area is 188 Å². The Hall–Kier alpha value is -1.50. The summed E-state index contributed by atoms with van der Waals surface area (Å²) < 4.78 is 0.859. The molecule has 2 N–H and O–H groups in total. The molecule has 0 saturated heterocycles. The van der Waals surface area contributed by atoms with Crippen molar-refractivity contribution in [2.75, 3.05) is 5.32 Å². The number of anilines is 1. The van der Waals surface area contributed by atoms with E-state index in [4.69, 9.17) is 12.2 Å². The molecule has 1 amide bonds. The summed E-state index contributed by atoms with van der Waals surface area (Å²) in [5.74, 6) is 0.347. The monoisotopic (exact) mass is 523 g/mol. The molecule has 0 saturated carbocycles. The van der Waals surface area contributed by atoms with Crippen LogP contribution >= 0.6 is 46.1 Å². The summed E-state index contributed by atoms with van der Waals surface area (Å²) in [6, 6.07) is 9.67. The number of carbonyl (C=O) groups is 1. The molecule has 4 nitrogen and oxygen atoms in total. The van der Waals surface area contributed by atoms with Crippen molar-refractivity contribution >= 4 is 62.2 Å². The molecular formula is C21H22IN3OS2. The highest BCUT2D eigenvalue weighted by Gasteiger charge is 2.32. The van der Waals surface area contributed by atoms with Crippen molar-refractivity contribution in [1.29, 1.82) is 5.26 Å². The minimum Gasteiger partial charge on any atom is -0.323 e. The minimum atomic E-state index is -0.255. The van der Waals surface area contributed by atoms with Crippen LogP contribution in [0, 0.1) is 26.2 Å². The molecule has 1 aromatic heterocycles. The van der Waals surface area contributed by atoms with Crippen LogP contribution in [0.4, 0.5) is 5.00 Å². The molecule has 1 unspecified atom stereocenters. The Morgan fingerprint density at radius 1 is 1.36 bits per heavy atom. The minimum absolute atomic E-state index is 0.215. The second-order valence-corrected chi connectivity index (χ2v) is 10.7. The lowest BCUT2D eigenvalue weighted by Crippen LogP contribution is -2.34. The van der Waals surface area contributed by atoms with Gasteiger partial charge in [0.25, 0.3) is 5.91 Å². The average molecular weight is 523 g/mol. The van der Waals surface area contributed by atoms with Crippen LogP contribution in [0.2, 0.25) is 0 Å². The summed E-state index contributed by atoms with van der Waals surface area (Å²) in [5, 5.41) is 16.4. The molecule has 28 heavy (non-hydrogen) atoms. The molecule has 146 valence electrons. The van der Waals surface area contributed by atoms with E-state index in [2.05, 4.69) is 60.1 Å². The van der Waals surface area contributed by atoms with Crippen LogP contribution in [-0.4, -0.2) is 11.0 Å². The van der Waals surface area contributed by atoms with Gasteiger partial charge in [-0.05, 0) is 83.1 Å². The lowest BCUT2D eigenvalue weighted by atomic mass is 9.72. The number of hydrogen-bond donors (Lipinski definition) is 2. The SMILES string of the molecule is CC(C)(C)C1CCc2c(sc(NC(=S)NC(=O)c3ccccc3I)c2C#N)C1. The number of nitriles is 1. The number of thiocarbonyl (C=S) groups is 1. The van der Waals surface area contributed by atoms with Crippen molar-refractivity contribution in [2.45, 2.75) is 40.0 Å². The largest absolute Gasteiger partial charge is 0.323 e. The van der Waals surface area contributed by atoms with Crippen LogP contribution < -0.4 is 10.6 Å². The molecule has 0 bridgehead atoms. The Morgan fingerprint density at radius 2 is 2.07 bits per heavy atom. The van der Waals surface area contributed by atoms with E-state index in [1.165, 1.54) is 4.88 Å². The van der Waals surface area contributed by atoms with Crippen LogP contribution in [0.15, 0.2) is 24.3 Å². The number of fused-ring (bicyclic) bond motifs is 1. The van der Waals surface area contributed by atoms with E-state index in [1.807, 2.05) is 18.2 Å². The summed E-state index contributed by atoms with van der Waals surface area (Å²) in [4.78, 5) is 13.7. The predicted octanol–water partition coefficient (Wildman–Crippen LogP) is 5.50. The zero-order chi connectivity index (χ0) is 20.5. The van der Waals surface area contributed by atoms with Crippen molar-refractivity contribution in [3.05, 3.63) is 49.4 Å². The maximum atomic E-state index is 12.5. The van der Waals surface area contributed by atoms with Gasteiger partial charge in [0, 0.05) is 8.45 Å². The van der Waals surface area contributed by atoms with Gasteiger partial charge in [-0.15, -0.1) is 11.3 Å². The Bertz CT molecular complexity index is 969. The van der Waals surface area contributed by atoms with Gasteiger partial charge in [0.05, 0.1) is 11.1 Å². The van der Waals surface area contributed by atoms with Gasteiger partial charge in [0.2, 0.25) is 0 Å². The molecule has 1 aliphatic rings. The summed E-state index contributed by atoms with van der Waals surface area (Å²) >= 11 is 9.05. The summed E-state index contributed by atoms with van der Waals surface area (Å²) in [6.45, 7) is 6.82. The van der Waals surface area contributed by atoms with E-state index in [-0.39, 0.29) is 16.4 Å². The van der Waals surface area contributed by atoms with E-state index in [0.717, 1.165) is 33.4 Å². The number of nitrogens with zero attached hydrogens (tertiary/aromatic N) is 1. The Morgan fingerprint density at radius 3 is 2.71 bits per heavy atom. The quantitative estimate of drug-likeness (QED) is 0.403. The van der Waals surface area contributed by atoms with Gasteiger partial charge in [0.15, 0.2) is 5.11 Å². The fraction of sp³-hybridized carbons (Fsp3) is 0.381. The molecule has 3 rings (SSSR count). The number of nitrogens with one attached hydrogen (secondary N) is 2. The molecule has 0 radical (unpaired) electrons. The number of halogens is 1. The first kappa shape index (κ1) is 21.2. The van der Waals surface area contributed by atoms with Gasteiger partial charge >= 0.3 is 0 Å². The topological polar surface area (TPSA) is 64.9 Å². The number of hydrogen-bond acceptors (Lipinski definition) is 4. The molecule has 2 aromatic rings. The fourth-order valence-corrected chi connectivity index (χ4v) is 5.66. The first-order chi connectivity index (χ1) is 13.2. The van der Waals surface area contributed by atoms with Gasteiger partial charge < -0.3 is 5.32 Å². The zero-order valence-electron chi connectivity index (χ0n) is 16.1. The van der Waals surface area contributed by atoms with Gasteiger partial charge in [-0.1, -0.05) is 32.9 Å². The molecule has 7 heteroatoms. The first-order valence-electron chi connectivity index (χ1n) is 9.12. The standard InChI is InChI=1S/C21H22IN3OS2/c1-21(2,3)12-8-9-13-15(11-23)19(28-17(13)10-12)25-20(27)24-18(26)14-6-4-5-7-16(14)22/h4-7,12H,8-10H2,1-3H3,(H2,24,25,26,27). The van der Waals surface area contributed by atoms with Gasteiger partial charge in [-0.25, -0.2) is 0 Å². The Balaban J connectivity index is 1.75. The van der Waals surface area contributed by atoms with Crippen LogP contribution in [0.1, 0.15) is 53.6 Å². The van der Waals surface area contributed by atoms with Gasteiger partial charge in [0.1, 0.15) is 11.1 Å². The smallest absolute Gasteiger partial charge is 0.258 e. The lowest BCUT2D eigenvalue weighted by Gasteiger charge is -2.33. The highest BCUT2D eigenvalue weighted by atomic mass is 127. The van der Waals surface area contributed by atoms with E-state index in [1.54, 1.807) is 17.4 Å². The van der Waals surface area contributed by atoms with E-state index < -0.39 is 0 Å². The van der Waals surface area contributed by atoms with Crippen molar-refractivity contribution in [3.63, 3.8) is 0 Å². The van der Waals surface area contributed by atoms with Gasteiger partial charge in [-0.2, -0.15) is 5.26 Å². The molecule has 1 atom stereocenters. The average Bonchev–Trinajstić information content (AvgIpc) is 2.97. The first-order valence-corrected chi connectivity index (χ1v) is 11.4. The van der Waals surface area contributed by atoms with Crippen LogP contribution in [-0.2, 0) is 12.8 Å². The molecule has 0 spiro atoms. The lowest BCUT2D eigenvalue weighted by molar-refractivity contribution is 0.0977. The summed E-state index contributed by atoms with van der Waals surface area (Å²) in [5.41, 5.74) is 2.63. The second kappa shape index (κ2) is 8.47. The van der Waals surface area contributed by atoms with Crippen molar-refractivity contribution in [3.8, 4) is 6.07 Å². The highest BCUT2D eigenvalue weighted by Crippen LogP contribution is 2.43. The van der Waals surface area contributed by atoms with E-state index in [0.29, 0.717) is 17.0 Å². The van der Waals surface area contributed by atoms with Crippen molar-refractivity contribution in [2.24, 2.45) is 11.3 Å². The third-order valence-electron chi connectivity index (χ3n) is 5.17. The van der Waals surface area contributed by atoms with E-state index in [9.17, 15) is 10.1 Å². The number of amides is 1. The summed E-state index contributed by atoms with van der Waals surface area (Å²) in [7, 11) is 0. The Kier molecular flexibility index (Phi) is 6.42. The van der Waals surface area contributed by atoms with Crippen LogP contribution in [0.5, 0.6) is 0 Å². The normalized spacial score (nSPS) is 16.0. The van der Waals surface area contributed by atoms with Crippen molar-refractivity contribution < 1.29 is 4.79 Å². The number of carbonyl (C=O) groups excluding carboxylic acids is 1. The van der Waals surface area contributed by atoms with Crippen molar-refractivity contribution in [1.82, 2.24) is 5.32 Å². The third-order valence-corrected chi connectivity index (χ3v) is 7.49. The number of benzene rings is 1. The predicted molar refractivity (Wildman–Crippen MR) is 127 cm³/mol. The molecule has 0 fully saturated rings. The number of rotatable bonds is 2. The highest BCUT2D eigenvalue weighted by molar-refractivity contribution is 14.1.